The maximum atomic E-state index is 3.57. The first-order chi connectivity index (χ1) is 9.04. The lowest BCUT2D eigenvalue weighted by Crippen LogP contribution is -2.21. The Morgan fingerprint density at radius 1 is 1.16 bits per heavy atom. The lowest BCUT2D eigenvalue weighted by Gasteiger charge is -2.09. The predicted molar refractivity (Wildman–Crippen MR) is 87.3 cm³/mol. The van der Waals surface area contributed by atoms with Crippen molar-refractivity contribution in [3.8, 4) is 0 Å². The largest absolute Gasteiger partial charge is 0.310 e. The van der Waals surface area contributed by atoms with Crippen molar-refractivity contribution in [2.24, 2.45) is 0 Å². The average molecular weight is 275 g/mol. The first-order valence-corrected chi connectivity index (χ1v) is 8.10. The molecule has 1 nitrogen and oxygen atoms in total. The van der Waals surface area contributed by atoms with Gasteiger partial charge in [0.25, 0.3) is 0 Å². The van der Waals surface area contributed by atoms with Gasteiger partial charge >= 0.3 is 0 Å². The van der Waals surface area contributed by atoms with Crippen LogP contribution in [0.5, 0.6) is 0 Å². The zero-order valence-electron chi connectivity index (χ0n) is 12.8. The fraction of sp³-hybridized carbons (Fsp3) is 0.529. The van der Waals surface area contributed by atoms with Crippen LogP contribution < -0.4 is 5.32 Å². The van der Waals surface area contributed by atoms with Crippen LogP contribution in [0.25, 0.3) is 10.1 Å². The number of benzene rings is 1. The molecule has 2 heteroatoms. The number of aryl methyl sites for hydroxylation is 3. The van der Waals surface area contributed by atoms with E-state index >= 15 is 0 Å². The van der Waals surface area contributed by atoms with Gasteiger partial charge in [-0.05, 0) is 42.3 Å². The smallest absolute Gasteiger partial charge is 0.0380 e. The minimum absolute atomic E-state index is 0.543. The standard InChI is InChI=1S/C17H25NS/c1-6-7-14-15(10-18-11(2)3)19-17-13(5)9-8-12(4)16(14)17/h8-9,11,18H,6-7,10H2,1-5H3. The van der Waals surface area contributed by atoms with Crippen LogP contribution in [0.3, 0.4) is 0 Å². The summed E-state index contributed by atoms with van der Waals surface area (Å²) in [6.07, 6.45) is 2.41. The zero-order chi connectivity index (χ0) is 14.0. The second-order valence-corrected chi connectivity index (χ2v) is 6.80. The Kier molecular flexibility index (Phi) is 4.64. The molecule has 104 valence electrons. The Balaban J connectivity index is 2.53. The number of rotatable bonds is 5. The molecule has 2 rings (SSSR count). The molecule has 0 atom stereocenters. The fourth-order valence-electron chi connectivity index (χ4n) is 2.57. The van der Waals surface area contributed by atoms with Gasteiger partial charge in [0, 0.05) is 22.2 Å². The number of hydrogen-bond acceptors (Lipinski definition) is 2. The molecule has 0 bridgehead atoms. The molecule has 2 aromatic rings. The molecule has 0 saturated heterocycles. The van der Waals surface area contributed by atoms with E-state index in [1.54, 1.807) is 5.56 Å². The van der Waals surface area contributed by atoms with Gasteiger partial charge in [-0.15, -0.1) is 11.3 Å². The van der Waals surface area contributed by atoms with Crippen LogP contribution in [0.15, 0.2) is 12.1 Å². The van der Waals surface area contributed by atoms with Crippen molar-refractivity contribution < 1.29 is 0 Å². The maximum absolute atomic E-state index is 3.57. The van der Waals surface area contributed by atoms with Gasteiger partial charge in [0.1, 0.15) is 0 Å². The van der Waals surface area contributed by atoms with Gasteiger partial charge in [-0.1, -0.05) is 39.3 Å². The van der Waals surface area contributed by atoms with Crippen molar-refractivity contribution in [1.29, 1.82) is 0 Å². The van der Waals surface area contributed by atoms with E-state index in [4.69, 9.17) is 0 Å². The monoisotopic (exact) mass is 275 g/mol. The quantitative estimate of drug-likeness (QED) is 0.812. The van der Waals surface area contributed by atoms with Crippen molar-refractivity contribution in [1.82, 2.24) is 5.32 Å². The lowest BCUT2D eigenvalue weighted by atomic mass is 10.00. The van der Waals surface area contributed by atoms with Crippen LogP contribution in [-0.4, -0.2) is 6.04 Å². The van der Waals surface area contributed by atoms with Crippen molar-refractivity contribution >= 4 is 21.4 Å². The second-order valence-electron chi connectivity index (χ2n) is 5.69. The fourth-order valence-corrected chi connectivity index (χ4v) is 3.91. The summed E-state index contributed by atoms with van der Waals surface area (Å²) in [5, 5.41) is 5.09. The molecule has 0 aliphatic heterocycles. The van der Waals surface area contributed by atoms with E-state index in [-0.39, 0.29) is 0 Å². The molecular weight excluding hydrogens is 250 g/mol. The summed E-state index contributed by atoms with van der Waals surface area (Å²) in [4.78, 5) is 1.53. The van der Waals surface area contributed by atoms with E-state index in [0.717, 1.165) is 6.54 Å². The summed E-state index contributed by atoms with van der Waals surface area (Å²) < 4.78 is 1.49. The molecule has 0 radical (unpaired) electrons. The van der Waals surface area contributed by atoms with Crippen LogP contribution in [0, 0.1) is 13.8 Å². The Hall–Kier alpha value is -0.860. The number of thiophene rings is 1. The van der Waals surface area contributed by atoms with Crippen LogP contribution in [0.2, 0.25) is 0 Å². The zero-order valence-corrected chi connectivity index (χ0v) is 13.6. The summed E-state index contributed by atoms with van der Waals surface area (Å²) in [6.45, 7) is 12.2. The van der Waals surface area contributed by atoms with E-state index in [1.165, 1.54) is 38.9 Å². The highest BCUT2D eigenvalue weighted by Crippen LogP contribution is 2.36. The molecular formula is C17H25NS. The highest BCUT2D eigenvalue weighted by atomic mass is 32.1. The highest BCUT2D eigenvalue weighted by molar-refractivity contribution is 7.19. The number of nitrogens with one attached hydrogen (secondary N) is 1. The Morgan fingerprint density at radius 3 is 2.47 bits per heavy atom. The minimum atomic E-state index is 0.543. The molecule has 1 N–H and O–H groups in total. The van der Waals surface area contributed by atoms with Crippen LogP contribution in [-0.2, 0) is 13.0 Å². The first kappa shape index (κ1) is 14.5. The molecule has 1 aromatic carbocycles. The van der Waals surface area contributed by atoms with Crippen LogP contribution >= 0.6 is 11.3 Å². The SMILES string of the molecule is CCCc1c(CNC(C)C)sc2c(C)ccc(C)c12. The third kappa shape index (κ3) is 3.01. The van der Waals surface area contributed by atoms with Gasteiger partial charge in [0.2, 0.25) is 0 Å². The average Bonchev–Trinajstić information content (AvgIpc) is 2.72. The molecule has 1 aromatic heterocycles. The van der Waals surface area contributed by atoms with Crippen molar-refractivity contribution in [3.05, 3.63) is 33.7 Å². The van der Waals surface area contributed by atoms with Gasteiger partial charge in [-0.2, -0.15) is 0 Å². The molecule has 0 saturated carbocycles. The van der Waals surface area contributed by atoms with Crippen molar-refractivity contribution in [2.75, 3.05) is 0 Å². The molecule has 0 amide bonds. The van der Waals surface area contributed by atoms with E-state index in [2.05, 4.69) is 52.1 Å². The molecule has 0 aliphatic carbocycles. The van der Waals surface area contributed by atoms with E-state index < -0.39 is 0 Å². The van der Waals surface area contributed by atoms with Gasteiger partial charge in [0.15, 0.2) is 0 Å². The Morgan fingerprint density at radius 2 is 1.84 bits per heavy atom. The summed E-state index contributed by atoms with van der Waals surface area (Å²) >= 11 is 1.98. The Labute approximate surface area is 121 Å². The number of fused-ring (bicyclic) bond motifs is 1. The van der Waals surface area contributed by atoms with Crippen LogP contribution in [0.4, 0.5) is 0 Å². The lowest BCUT2D eigenvalue weighted by molar-refractivity contribution is 0.591. The molecule has 0 unspecified atom stereocenters. The topological polar surface area (TPSA) is 12.0 Å². The maximum Gasteiger partial charge on any atom is 0.0380 e. The Bertz CT molecular complexity index is 566. The van der Waals surface area contributed by atoms with Gasteiger partial charge in [0.05, 0.1) is 0 Å². The van der Waals surface area contributed by atoms with E-state index in [0.29, 0.717) is 6.04 Å². The van der Waals surface area contributed by atoms with Gasteiger partial charge < -0.3 is 5.32 Å². The van der Waals surface area contributed by atoms with Gasteiger partial charge in [-0.3, -0.25) is 0 Å². The predicted octanol–water partition coefficient (Wildman–Crippen LogP) is 4.97. The van der Waals surface area contributed by atoms with Crippen molar-refractivity contribution in [3.63, 3.8) is 0 Å². The van der Waals surface area contributed by atoms with Crippen molar-refractivity contribution in [2.45, 2.75) is 60.0 Å². The molecule has 1 heterocycles. The third-order valence-corrected chi connectivity index (χ3v) is 4.96. The van der Waals surface area contributed by atoms with Crippen LogP contribution in [0.1, 0.15) is 48.8 Å². The second kappa shape index (κ2) is 6.06. The first-order valence-electron chi connectivity index (χ1n) is 7.28. The summed E-state index contributed by atoms with van der Waals surface area (Å²) in [5.74, 6) is 0. The summed E-state index contributed by atoms with van der Waals surface area (Å²) in [6, 6.07) is 5.06. The van der Waals surface area contributed by atoms with E-state index in [9.17, 15) is 0 Å². The van der Waals surface area contributed by atoms with Gasteiger partial charge in [-0.25, -0.2) is 0 Å². The highest BCUT2D eigenvalue weighted by Gasteiger charge is 2.14. The molecule has 19 heavy (non-hydrogen) atoms. The van der Waals surface area contributed by atoms with E-state index in [1.807, 2.05) is 11.3 Å². The third-order valence-electron chi connectivity index (χ3n) is 3.60. The molecule has 0 fully saturated rings. The summed E-state index contributed by atoms with van der Waals surface area (Å²) in [5.41, 5.74) is 4.42. The molecule has 0 aliphatic rings. The molecule has 0 spiro atoms. The number of hydrogen-bond donors (Lipinski definition) is 1. The minimum Gasteiger partial charge on any atom is -0.310 e. The summed E-state index contributed by atoms with van der Waals surface area (Å²) in [7, 11) is 0. The normalized spacial score (nSPS) is 11.7.